The third kappa shape index (κ3) is 4.88. The van der Waals surface area contributed by atoms with E-state index >= 15 is 0 Å². The van der Waals surface area contributed by atoms with Crippen LogP contribution in [-0.4, -0.2) is 0 Å². The van der Waals surface area contributed by atoms with Crippen LogP contribution in [0.4, 0.5) is 17.1 Å². The van der Waals surface area contributed by atoms with Crippen molar-refractivity contribution in [2.24, 2.45) is 0 Å². The third-order valence-electron chi connectivity index (χ3n) is 13.1. The summed E-state index contributed by atoms with van der Waals surface area (Å²) in [5, 5.41) is 6.61. The average molecular weight is 792 g/mol. The number of benzene rings is 10. The van der Waals surface area contributed by atoms with Crippen LogP contribution in [0.25, 0.3) is 76.9 Å². The molecule has 12 aromatic rings. The van der Waals surface area contributed by atoms with Gasteiger partial charge in [-0.2, -0.15) is 0 Å². The maximum atomic E-state index is 7.00. The van der Waals surface area contributed by atoms with E-state index in [1.807, 2.05) is 6.07 Å². The molecule has 0 aliphatic heterocycles. The Morgan fingerprint density at radius 1 is 0.339 bits per heavy atom. The Kier molecular flexibility index (Phi) is 7.52. The monoisotopic (exact) mass is 791 g/mol. The molecule has 0 saturated carbocycles. The first-order valence-electron chi connectivity index (χ1n) is 21.3. The summed E-state index contributed by atoms with van der Waals surface area (Å²) in [6.07, 6.45) is 0. The van der Waals surface area contributed by atoms with Gasteiger partial charge in [-0.15, -0.1) is 0 Å². The molecule has 2 aromatic heterocycles. The summed E-state index contributed by atoms with van der Waals surface area (Å²) in [7, 11) is 0. The lowest BCUT2D eigenvalue weighted by Gasteiger charge is -2.35. The molecular formula is C59H37NO2. The van der Waals surface area contributed by atoms with Crippen molar-refractivity contribution in [3.05, 3.63) is 247 Å². The number of fused-ring (bicyclic) bond motifs is 11. The fraction of sp³-hybridized carbons (Fsp3) is 0.0169. The zero-order chi connectivity index (χ0) is 40.8. The van der Waals surface area contributed by atoms with Crippen LogP contribution in [-0.2, 0) is 5.41 Å². The Morgan fingerprint density at radius 3 is 1.77 bits per heavy atom. The molecule has 0 radical (unpaired) electrons. The number of anilines is 3. The van der Waals surface area contributed by atoms with E-state index < -0.39 is 5.41 Å². The van der Waals surface area contributed by atoms with Crippen LogP contribution >= 0.6 is 0 Å². The molecular weight excluding hydrogens is 755 g/mol. The van der Waals surface area contributed by atoms with Gasteiger partial charge in [-0.25, -0.2) is 0 Å². The predicted molar refractivity (Wildman–Crippen MR) is 256 cm³/mol. The van der Waals surface area contributed by atoms with Gasteiger partial charge in [-0.1, -0.05) is 182 Å². The van der Waals surface area contributed by atoms with Crippen molar-refractivity contribution in [2.75, 3.05) is 4.90 Å². The van der Waals surface area contributed by atoms with Crippen LogP contribution in [0.2, 0.25) is 0 Å². The van der Waals surface area contributed by atoms with Crippen molar-refractivity contribution in [3.63, 3.8) is 0 Å². The van der Waals surface area contributed by atoms with Gasteiger partial charge in [0, 0.05) is 38.4 Å². The standard InChI is InChI=1S/C59H37NO2/c1-3-18-39(19-4-1)59(40-20-5-2-6-21-40)50-28-12-9-23-43(50)44-36-34-41(37-51(44)59)60(53-30-16-32-55-56(53)49-25-11-14-31-54(49)61-55)52-29-13-10-24-45(52)46-26-15-27-47-48-35-33-38-17-7-8-22-42(38)57(48)62-58(46)47/h1-37H. The molecule has 0 unspecified atom stereocenters. The lowest BCUT2D eigenvalue weighted by Crippen LogP contribution is -2.28. The first-order chi connectivity index (χ1) is 30.8. The second-order valence-corrected chi connectivity index (χ2v) is 16.3. The van der Waals surface area contributed by atoms with Gasteiger partial charge in [0.25, 0.3) is 0 Å². The van der Waals surface area contributed by atoms with Gasteiger partial charge in [0.1, 0.15) is 22.3 Å². The highest BCUT2D eigenvalue weighted by molar-refractivity contribution is 6.18. The quantitative estimate of drug-likeness (QED) is 0.168. The van der Waals surface area contributed by atoms with Crippen molar-refractivity contribution in [1.82, 2.24) is 0 Å². The molecule has 0 spiro atoms. The number of hydrogen-bond donors (Lipinski definition) is 0. The molecule has 13 rings (SSSR count). The lowest BCUT2D eigenvalue weighted by molar-refractivity contribution is 0.669. The van der Waals surface area contributed by atoms with E-state index in [9.17, 15) is 0 Å². The Labute approximate surface area is 358 Å². The predicted octanol–water partition coefficient (Wildman–Crippen LogP) is 16.1. The van der Waals surface area contributed by atoms with E-state index in [0.29, 0.717) is 0 Å². The minimum atomic E-state index is -0.563. The smallest absolute Gasteiger partial charge is 0.143 e. The van der Waals surface area contributed by atoms with Crippen LogP contribution in [0, 0.1) is 0 Å². The van der Waals surface area contributed by atoms with Gasteiger partial charge < -0.3 is 13.7 Å². The van der Waals surface area contributed by atoms with E-state index in [1.54, 1.807) is 0 Å². The van der Waals surface area contributed by atoms with Crippen LogP contribution in [0.3, 0.4) is 0 Å². The van der Waals surface area contributed by atoms with Gasteiger partial charge in [0.05, 0.1) is 22.2 Å². The second-order valence-electron chi connectivity index (χ2n) is 16.3. The highest BCUT2D eigenvalue weighted by atomic mass is 16.3. The summed E-state index contributed by atoms with van der Waals surface area (Å²) < 4.78 is 13.6. The van der Waals surface area contributed by atoms with Gasteiger partial charge in [-0.3, -0.25) is 0 Å². The molecule has 0 bridgehead atoms. The first-order valence-corrected chi connectivity index (χ1v) is 21.3. The molecule has 1 aliphatic carbocycles. The SMILES string of the molecule is c1ccc(C2(c3ccccc3)c3ccccc3-c3ccc(N(c4ccccc4-c4cccc5c4oc4c6ccccc6ccc54)c4cccc5oc6ccccc6c45)cc32)cc1. The Hall–Kier alpha value is -8.14. The number of rotatable bonds is 6. The number of nitrogens with zero attached hydrogens (tertiary/aromatic N) is 1. The van der Waals surface area contributed by atoms with E-state index in [2.05, 4.69) is 223 Å². The topological polar surface area (TPSA) is 29.5 Å². The average Bonchev–Trinajstić information content (AvgIpc) is 4.01. The maximum Gasteiger partial charge on any atom is 0.143 e. The zero-order valence-corrected chi connectivity index (χ0v) is 33.6. The second kappa shape index (κ2) is 13.4. The molecule has 2 heterocycles. The Morgan fingerprint density at radius 2 is 0.935 bits per heavy atom. The fourth-order valence-electron chi connectivity index (χ4n) is 10.6. The third-order valence-corrected chi connectivity index (χ3v) is 13.1. The normalized spacial score (nSPS) is 13.0. The van der Waals surface area contributed by atoms with Crippen molar-refractivity contribution < 1.29 is 8.83 Å². The van der Waals surface area contributed by atoms with Crippen molar-refractivity contribution in [3.8, 4) is 22.3 Å². The Balaban J connectivity index is 1.12. The van der Waals surface area contributed by atoms with Crippen LogP contribution in [0.1, 0.15) is 22.3 Å². The Bertz CT molecular complexity index is 3670. The molecule has 0 N–H and O–H groups in total. The zero-order valence-electron chi connectivity index (χ0n) is 33.6. The minimum Gasteiger partial charge on any atom is -0.456 e. The highest BCUT2D eigenvalue weighted by Crippen LogP contribution is 2.58. The number of hydrogen-bond acceptors (Lipinski definition) is 3. The number of furan rings is 2. The maximum absolute atomic E-state index is 7.00. The first kappa shape index (κ1) is 34.7. The summed E-state index contributed by atoms with van der Waals surface area (Å²) in [4.78, 5) is 2.44. The van der Waals surface area contributed by atoms with Crippen LogP contribution < -0.4 is 4.90 Å². The van der Waals surface area contributed by atoms with Crippen molar-refractivity contribution >= 4 is 71.7 Å². The van der Waals surface area contributed by atoms with Crippen molar-refractivity contribution in [1.29, 1.82) is 0 Å². The molecule has 3 nitrogen and oxygen atoms in total. The molecule has 3 heteroatoms. The molecule has 290 valence electrons. The fourth-order valence-corrected chi connectivity index (χ4v) is 10.6. The van der Waals surface area contributed by atoms with Gasteiger partial charge in [0.2, 0.25) is 0 Å². The van der Waals surface area contributed by atoms with E-state index in [4.69, 9.17) is 8.83 Å². The molecule has 10 aromatic carbocycles. The molecule has 0 atom stereocenters. The molecule has 0 amide bonds. The lowest BCUT2D eigenvalue weighted by atomic mass is 9.67. The van der Waals surface area contributed by atoms with E-state index in [-0.39, 0.29) is 0 Å². The molecule has 0 fully saturated rings. The van der Waals surface area contributed by atoms with Crippen molar-refractivity contribution in [2.45, 2.75) is 5.41 Å². The number of para-hydroxylation sites is 3. The van der Waals surface area contributed by atoms with Crippen LogP contribution in [0.5, 0.6) is 0 Å². The van der Waals surface area contributed by atoms with Gasteiger partial charge >= 0.3 is 0 Å². The molecule has 0 saturated heterocycles. The molecule has 62 heavy (non-hydrogen) atoms. The minimum absolute atomic E-state index is 0.563. The summed E-state index contributed by atoms with van der Waals surface area (Å²) >= 11 is 0. The summed E-state index contributed by atoms with van der Waals surface area (Å²) in [5.74, 6) is 0. The van der Waals surface area contributed by atoms with Gasteiger partial charge in [-0.05, 0) is 81.2 Å². The van der Waals surface area contributed by atoms with Crippen LogP contribution in [0.15, 0.2) is 233 Å². The largest absolute Gasteiger partial charge is 0.456 e. The summed E-state index contributed by atoms with van der Waals surface area (Å²) in [6, 6.07) is 81.0. The molecule has 1 aliphatic rings. The summed E-state index contributed by atoms with van der Waals surface area (Å²) in [5.41, 5.74) is 15.6. The van der Waals surface area contributed by atoms with E-state index in [1.165, 1.54) is 33.4 Å². The highest BCUT2D eigenvalue weighted by Gasteiger charge is 2.46. The summed E-state index contributed by atoms with van der Waals surface area (Å²) in [6.45, 7) is 0. The van der Waals surface area contributed by atoms with E-state index in [0.717, 1.165) is 82.8 Å². The van der Waals surface area contributed by atoms with Gasteiger partial charge in [0.15, 0.2) is 0 Å².